The second-order valence-electron chi connectivity index (χ2n) is 4.84. The lowest BCUT2D eigenvalue weighted by atomic mass is 10.1. The molecule has 21 heavy (non-hydrogen) atoms. The van der Waals surface area contributed by atoms with Crippen molar-refractivity contribution in [3.8, 4) is 0 Å². The quantitative estimate of drug-likeness (QED) is 0.874. The van der Waals surface area contributed by atoms with Crippen LogP contribution in [0.3, 0.4) is 0 Å². The molecule has 2 unspecified atom stereocenters. The molecule has 0 aliphatic heterocycles. The molecule has 2 aromatic carbocycles. The number of benzene rings is 2. The number of nitrogens with one attached hydrogen (secondary N) is 1. The molecule has 112 valence electrons. The molecule has 1 N–H and O–H groups in total. The Labute approximate surface area is 137 Å². The highest BCUT2D eigenvalue weighted by molar-refractivity contribution is 7.85. The van der Waals surface area contributed by atoms with E-state index in [0.29, 0.717) is 20.7 Å². The average molecular weight is 342 g/mol. The zero-order valence-corrected chi connectivity index (χ0v) is 14.2. The molecule has 2 aromatic rings. The van der Waals surface area contributed by atoms with Gasteiger partial charge in [0.05, 0.1) is 20.7 Å². The standard InChI is InChI=1S/C16H17Cl2NOS/c1-11-3-5-12(6-4-11)15(19-2)10-21(20)16-9-13(17)7-8-14(16)18/h3-9,15,19H,10H2,1-2H3. The molecule has 0 heterocycles. The van der Waals surface area contributed by atoms with Crippen molar-refractivity contribution >= 4 is 34.0 Å². The van der Waals surface area contributed by atoms with E-state index in [4.69, 9.17) is 23.2 Å². The topological polar surface area (TPSA) is 29.1 Å². The van der Waals surface area contributed by atoms with Crippen LogP contribution >= 0.6 is 23.2 Å². The maximum absolute atomic E-state index is 12.6. The molecular formula is C16H17Cl2NOS. The molecule has 0 bridgehead atoms. The third-order valence-corrected chi connectivity index (χ3v) is 5.43. The normalized spacial score (nSPS) is 13.9. The van der Waals surface area contributed by atoms with Gasteiger partial charge in [0, 0.05) is 16.8 Å². The smallest absolute Gasteiger partial charge is 0.0589 e. The van der Waals surface area contributed by atoms with Crippen molar-refractivity contribution in [1.29, 1.82) is 0 Å². The predicted molar refractivity (Wildman–Crippen MR) is 90.7 cm³/mol. The van der Waals surface area contributed by atoms with Gasteiger partial charge in [-0.15, -0.1) is 0 Å². The predicted octanol–water partition coefficient (Wildman–Crippen LogP) is 4.37. The Morgan fingerprint density at radius 1 is 1.14 bits per heavy atom. The highest BCUT2D eigenvalue weighted by atomic mass is 35.5. The Morgan fingerprint density at radius 3 is 2.43 bits per heavy atom. The summed E-state index contributed by atoms with van der Waals surface area (Å²) in [5, 5.41) is 4.23. The van der Waals surface area contributed by atoms with E-state index in [9.17, 15) is 4.21 Å². The van der Waals surface area contributed by atoms with Gasteiger partial charge in [-0.05, 0) is 37.7 Å². The monoisotopic (exact) mass is 341 g/mol. The van der Waals surface area contributed by atoms with Crippen LogP contribution in [0.1, 0.15) is 17.2 Å². The fraction of sp³-hybridized carbons (Fsp3) is 0.250. The molecule has 2 rings (SSSR count). The van der Waals surface area contributed by atoms with Crippen LogP contribution in [0.25, 0.3) is 0 Å². The van der Waals surface area contributed by atoms with E-state index in [-0.39, 0.29) is 6.04 Å². The molecule has 2 nitrogen and oxygen atoms in total. The van der Waals surface area contributed by atoms with Gasteiger partial charge in [-0.2, -0.15) is 0 Å². The Balaban J connectivity index is 2.20. The lowest BCUT2D eigenvalue weighted by molar-refractivity contribution is 0.635. The second-order valence-corrected chi connectivity index (χ2v) is 7.15. The molecule has 0 aliphatic rings. The van der Waals surface area contributed by atoms with Crippen molar-refractivity contribution in [3.63, 3.8) is 0 Å². The first-order valence-electron chi connectivity index (χ1n) is 6.58. The van der Waals surface area contributed by atoms with Crippen LogP contribution in [-0.4, -0.2) is 17.0 Å². The third kappa shape index (κ3) is 4.30. The van der Waals surface area contributed by atoms with Gasteiger partial charge in [-0.25, -0.2) is 0 Å². The van der Waals surface area contributed by atoms with Crippen molar-refractivity contribution in [2.24, 2.45) is 0 Å². The molecule has 0 saturated carbocycles. The number of rotatable bonds is 5. The number of aryl methyl sites for hydroxylation is 1. The molecule has 5 heteroatoms. The molecule has 0 aliphatic carbocycles. The molecule has 0 amide bonds. The van der Waals surface area contributed by atoms with Crippen molar-refractivity contribution in [3.05, 3.63) is 63.6 Å². The van der Waals surface area contributed by atoms with E-state index in [1.165, 1.54) is 5.56 Å². The Morgan fingerprint density at radius 2 is 1.81 bits per heavy atom. The summed E-state index contributed by atoms with van der Waals surface area (Å²) in [4.78, 5) is 0.580. The summed E-state index contributed by atoms with van der Waals surface area (Å²) in [5.41, 5.74) is 2.31. The van der Waals surface area contributed by atoms with E-state index >= 15 is 0 Å². The first-order valence-corrected chi connectivity index (χ1v) is 8.66. The van der Waals surface area contributed by atoms with Crippen LogP contribution in [-0.2, 0) is 10.8 Å². The second kappa shape index (κ2) is 7.41. The van der Waals surface area contributed by atoms with Gasteiger partial charge in [-0.3, -0.25) is 4.21 Å². The van der Waals surface area contributed by atoms with E-state index in [1.807, 2.05) is 26.1 Å². The number of hydrogen-bond acceptors (Lipinski definition) is 2. The first-order chi connectivity index (χ1) is 10.0. The summed E-state index contributed by atoms with van der Waals surface area (Å²) in [6.07, 6.45) is 0. The van der Waals surface area contributed by atoms with Crippen LogP contribution < -0.4 is 5.32 Å². The highest BCUT2D eigenvalue weighted by Crippen LogP contribution is 2.26. The van der Waals surface area contributed by atoms with E-state index < -0.39 is 10.8 Å². The van der Waals surface area contributed by atoms with Crippen molar-refractivity contribution in [2.75, 3.05) is 12.8 Å². The molecule has 0 radical (unpaired) electrons. The van der Waals surface area contributed by atoms with Crippen molar-refractivity contribution < 1.29 is 4.21 Å². The summed E-state index contributed by atoms with van der Waals surface area (Å²) in [5.74, 6) is 0.444. The molecule has 0 spiro atoms. The summed E-state index contributed by atoms with van der Waals surface area (Å²) < 4.78 is 12.6. The molecule has 0 aromatic heterocycles. The van der Waals surface area contributed by atoms with Crippen LogP contribution in [0.5, 0.6) is 0 Å². The Bertz CT molecular complexity index is 643. The first kappa shape index (κ1) is 16.5. The Hall–Kier alpha value is -0.870. The maximum atomic E-state index is 12.6. The summed E-state index contributed by atoms with van der Waals surface area (Å²) >= 11 is 12.1. The van der Waals surface area contributed by atoms with E-state index in [1.54, 1.807) is 18.2 Å². The summed E-state index contributed by atoms with van der Waals surface area (Å²) in [7, 11) is 0.642. The van der Waals surface area contributed by atoms with Crippen LogP contribution in [0, 0.1) is 6.92 Å². The van der Waals surface area contributed by atoms with Crippen LogP contribution in [0.15, 0.2) is 47.4 Å². The number of hydrogen-bond donors (Lipinski definition) is 1. The van der Waals surface area contributed by atoms with E-state index in [2.05, 4.69) is 17.4 Å². The lowest BCUT2D eigenvalue weighted by Gasteiger charge is -2.17. The third-order valence-electron chi connectivity index (χ3n) is 3.28. The highest BCUT2D eigenvalue weighted by Gasteiger charge is 2.16. The summed E-state index contributed by atoms with van der Waals surface area (Å²) in [6, 6.07) is 13.2. The average Bonchev–Trinajstić information content (AvgIpc) is 2.48. The maximum Gasteiger partial charge on any atom is 0.0589 e. The van der Waals surface area contributed by atoms with Crippen molar-refractivity contribution in [2.45, 2.75) is 17.9 Å². The molecule has 2 atom stereocenters. The Kier molecular flexibility index (Phi) is 5.82. The zero-order chi connectivity index (χ0) is 15.4. The molecule has 0 fully saturated rings. The fourth-order valence-corrected chi connectivity index (χ4v) is 4.04. The minimum atomic E-state index is -1.22. The zero-order valence-electron chi connectivity index (χ0n) is 11.9. The molecular weight excluding hydrogens is 325 g/mol. The van der Waals surface area contributed by atoms with Gasteiger partial charge < -0.3 is 5.32 Å². The van der Waals surface area contributed by atoms with Gasteiger partial charge in [0.25, 0.3) is 0 Å². The minimum Gasteiger partial charge on any atom is -0.312 e. The van der Waals surface area contributed by atoms with Gasteiger partial charge in [0.2, 0.25) is 0 Å². The van der Waals surface area contributed by atoms with Crippen LogP contribution in [0.4, 0.5) is 0 Å². The van der Waals surface area contributed by atoms with Gasteiger partial charge in [0.15, 0.2) is 0 Å². The van der Waals surface area contributed by atoms with Gasteiger partial charge >= 0.3 is 0 Å². The molecule has 0 saturated heterocycles. The largest absolute Gasteiger partial charge is 0.312 e. The minimum absolute atomic E-state index is 0.00137. The van der Waals surface area contributed by atoms with Gasteiger partial charge in [-0.1, -0.05) is 53.0 Å². The fourth-order valence-electron chi connectivity index (χ4n) is 2.04. The summed E-state index contributed by atoms with van der Waals surface area (Å²) in [6.45, 7) is 2.04. The SMILES string of the molecule is CNC(CS(=O)c1cc(Cl)ccc1Cl)c1ccc(C)cc1. The van der Waals surface area contributed by atoms with Gasteiger partial charge in [0.1, 0.15) is 0 Å². The van der Waals surface area contributed by atoms with Crippen molar-refractivity contribution in [1.82, 2.24) is 5.32 Å². The lowest BCUT2D eigenvalue weighted by Crippen LogP contribution is -2.22. The van der Waals surface area contributed by atoms with E-state index in [0.717, 1.165) is 5.56 Å². The number of halogens is 2. The van der Waals surface area contributed by atoms with Crippen LogP contribution in [0.2, 0.25) is 10.0 Å².